The van der Waals surface area contributed by atoms with Gasteiger partial charge in [-0.1, -0.05) is 188 Å². The van der Waals surface area contributed by atoms with Crippen LogP contribution < -0.4 is 5.32 Å². The zero-order valence-electron chi connectivity index (χ0n) is 28.6. The molecule has 0 saturated heterocycles. The van der Waals surface area contributed by atoms with Gasteiger partial charge < -0.3 is 5.32 Å². The Morgan fingerprint density at radius 2 is 0.885 bits per heavy atom. The number of rotatable bonds is 6. The summed E-state index contributed by atoms with van der Waals surface area (Å²) in [5.74, 6) is 0. The van der Waals surface area contributed by atoms with E-state index in [-0.39, 0.29) is 0 Å². The van der Waals surface area contributed by atoms with Gasteiger partial charge in [0.1, 0.15) is 0 Å². The Labute approximate surface area is 304 Å². The van der Waals surface area contributed by atoms with Crippen LogP contribution in [-0.2, 0) is 5.41 Å². The van der Waals surface area contributed by atoms with E-state index in [1.165, 1.54) is 77.2 Å². The summed E-state index contributed by atoms with van der Waals surface area (Å²) in [5.41, 5.74) is 14.1. The number of benzene rings is 9. The number of nitrogens with one attached hydrogen (secondary N) is 1. The van der Waals surface area contributed by atoms with Gasteiger partial charge in [-0.15, -0.1) is 0 Å². The fourth-order valence-electron chi connectivity index (χ4n) is 8.71. The molecule has 0 radical (unpaired) electrons. The van der Waals surface area contributed by atoms with E-state index in [4.69, 9.17) is 0 Å². The maximum atomic E-state index is 4.00. The third-order valence-corrected chi connectivity index (χ3v) is 11.0. The Morgan fingerprint density at radius 1 is 0.308 bits per heavy atom. The predicted octanol–water partition coefficient (Wildman–Crippen LogP) is 13.4. The number of fused-ring (bicyclic) bond motifs is 5. The second-order valence-corrected chi connectivity index (χ2v) is 13.7. The Bertz CT molecular complexity index is 2760. The molecule has 0 bridgehead atoms. The van der Waals surface area contributed by atoms with Gasteiger partial charge in [0, 0.05) is 16.8 Å². The van der Waals surface area contributed by atoms with Gasteiger partial charge in [0.15, 0.2) is 0 Å². The summed E-state index contributed by atoms with van der Waals surface area (Å²) < 4.78 is 0. The van der Waals surface area contributed by atoms with Gasteiger partial charge >= 0.3 is 0 Å². The minimum absolute atomic E-state index is 0.572. The van der Waals surface area contributed by atoms with Crippen molar-refractivity contribution in [1.29, 1.82) is 0 Å². The molecule has 1 heteroatoms. The van der Waals surface area contributed by atoms with Gasteiger partial charge in [-0.3, -0.25) is 0 Å². The maximum Gasteiger partial charge on any atom is 0.0733 e. The smallest absolute Gasteiger partial charge is 0.0733 e. The summed E-state index contributed by atoms with van der Waals surface area (Å²) in [7, 11) is 0. The second-order valence-electron chi connectivity index (χ2n) is 13.7. The summed E-state index contributed by atoms with van der Waals surface area (Å²) in [6.45, 7) is 0. The molecule has 1 N–H and O–H groups in total. The first-order chi connectivity index (χ1) is 25.8. The molecule has 0 aromatic heterocycles. The van der Waals surface area contributed by atoms with E-state index >= 15 is 0 Å². The molecule has 1 aliphatic rings. The van der Waals surface area contributed by atoms with Crippen LogP contribution in [0.15, 0.2) is 206 Å². The first-order valence-corrected chi connectivity index (χ1v) is 18.0. The van der Waals surface area contributed by atoms with Crippen molar-refractivity contribution < 1.29 is 0 Å². The summed E-state index contributed by atoms with van der Waals surface area (Å²) in [6.07, 6.45) is 0. The molecule has 1 aliphatic carbocycles. The maximum absolute atomic E-state index is 4.00. The van der Waals surface area contributed by atoms with Gasteiger partial charge in [-0.2, -0.15) is 0 Å². The van der Waals surface area contributed by atoms with E-state index in [1.54, 1.807) is 0 Å². The molecular weight excluding hydrogens is 627 g/mol. The zero-order chi connectivity index (χ0) is 34.5. The van der Waals surface area contributed by atoms with Crippen molar-refractivity contribution in [3.63, 3.8) is 0 Å². The Morgan fingerprint density at radius 3 is 1.73 bits per heavy atom. The largest absolute Gasteiger partial charge is 0.355 e. The van der Waals surface area contributed by atoms with Crippen molar-refractivity contribution in [3.05, 3.63) is 229 Å². The van der Waals surface area contributed by atoms with Crippen molar-refractivity contribution in [2.24, 2.45) is 0 Å². The molecule has 0 spiro atoms. The third kappa shape index (κ3) is 4.63. The number of hydrogen-bond donors (Lipinski definition) is 1. The van der Waals surface area contributed by atoms with Crippen LogP contribution in [0.2, 0.25) is 0 Å². The van der Waals surface area contributed by atoms with Crippen molar-refractivity contribution in [2.45, 2.75) is 5.41 Å². The molecule has 244 valence electrons. The standard InChI is InChI=1S/C51H35N/c1-3-16-35(17-4-1)41-32-33-49(45-25-10-9-23-42(41)45)52-50-29-14-13-28-47(50)51(38-20-5-2-6-21-38)46-27-12-11-24-43(46)44-31-30-37(34-48(44)51)40-26-15-19-36-18-7-8-22-39(36)40/h1-34,52H. The first kappa shape index (κ1) is 30.2. The van der Waals surface area contributed by atoms with E-state index in [1.807, 2.05) is 0 Å². The van der Waals surface area contributed by atoms with E-state index in [0.717, 1.165) is 11.4 Å². The van der Waals surface area contributed by atoms with Crippen molar-refractivity contribution >= 4 is 32.9 Å². The highest BCUT2D eigenvalue weighted by Crippen LogP contribution is 2.58. The molecule has 1 nitrogen and oxygen atoms in total. The fourth-order valence-corrected chi connectivity index (χ4v) is 8.71. The topological polar surface area (TPSA) is 12.0 Å². The highest BCUT2D eigenvalue weighted by molar-refractivity contribution is 6.05. The highest BCUT2D eigenvalue weighted by Gasteiger charge is 2.47. The molecule has 9 aromatic carbocycles. The van der Waals surface area contributed by atoms with Gasteiger partial charge in [0.2, 0.25) is 0 Å². The Balaban J connectivity index is 1.22. The highest BCUT2D eigenvalue weighted by atomic mass is 14.9. The molecule has 0 fully saturated rings. The second kappa shape index (κ2) is 12.3. The van der Waals surface area contributed by atoms with Crippen LogP contribution >= 0.6 is 0 Å². The zero-order valence-corrected chi connectivity index (χ0v) is 28.6. The SMILES string of the molecule is c1ccc(-c2ccc(Nc3ccccc3C3(c4ccccc4)c4ccccc4-c4ccc(-c5cccc6ccccc56)cc43)c3ccccc23)cc1. The average Bonchev–Trinajstić information content (AvgIpc) is 3.52. The lowest BCUT2D eigenvalue weighted by Crippen LogP contribution is -2.29. The number of anilines is 2. The van der Waals surface area contributed by atoms with E-state index in [0.29, 0.717) is 0 Å². The average molecular weight is 662 g/mol. The van der Waals surface area contributed by atoms with Crippen LogP contribution in [-0.4, -0.2) is 0 Å². The van der Waals surface area contributed by atoms with Crippen LogP contribution in [0.1, 0.15) is 22.3 Å². The molecule has 9 aromatic rings. The fraction of sp³-hybridized carbons (Fsp3) is 0.0196. The van der Waals surface area contributed by atoms with Gasteiger partial charge in [0.25, 0.3) is 0 Å². The van der Waals surface area contributed by atoms with Gasteiger partial charge in [0.05, 0.1) is 5.41 Å². The van der Waals surface area contributed by atoms with Gasteiger partial charge in [-0.25, -0.2) is 0 Å². The van der Waals surface area contributed by atoms with Crippen LogP contribution in [0.3, 0.4) is 0 Å². The minimum atomic E-state index is -0.572. The summed E-state index contributed by atoms with van der Waals surface area (Å²) in [6, 6.07) is 75.4. The molecular formula is C51H35N. The van der Waals surface area contributed by atoms with Crippen molar-refractivity contribution in [1.82, 2.24) is 0 Å². The molecule has 0 aliphatic heterocycles. The van der Waals surface area contributed by atoms with Crippen LogP contribution in [0.5, 0.6) is 0 Å². The number of hydrogen-bond acceptors (Lipinski definition) is 1. The number of para-hydroxylation sites is 1. The molecule has 1 atom stereocenters. The third-order valence-electron chi connectivity index (χ3n) is 11.0. The summed E-state index contributed by atoms with van der Waals surface area (Å²) >= 11 is 0. The Hall–Kier alpha value is -6.70. The lowest BCUT2D eigenvalue weighted by atomic mass is 9.67. The summed E-state index contributed by atoms with van der Waals surface area (Å²) in [4.78, 5) is 0. The van der Waals surface area contributed by atoms with E-state index in [9.17, 15) is 0 Å². The molecule has 52 heavy (non-hydrogen) atoms. The van der Waals surface area contributed by atoms with Crippen LogP contribution in [0.4, 0.5) is 11.4 Å². The monoisotopic (exact) mass is 661 g/mol. The van der Waals surface area contributed by atoms with Crippen molar-refractivity contribution in [2.75, 3.05) is 5.32 Å². The quantitative estimate of drug-likeness (QED) is 0.187. The minimum Gasteiger partial charge on any atom is -0.355 e. The summed E-state index contributed by atoms with van der Waals surface area (Å²) in [5, 5.41) is 8.93. The van der Waals surface area contributed by atoms with E-state index in [2.05, 4.69) is 212 Å². The van der Waals surface area contributed by atoms with E-state index < -0.39 is 5.41 Å². The lowest BCUT2D eigenvalue weighted by Gasteiger charge is -2.36. The van der Waals surface area contributed by atoms with Crippen LogP contribution in [0.25, 0.3) is 54.9 Å². The Kier molecular flexibility index (Phi) is 7.11. The molecule has 0 amide bonds. The molecule has 10 rings (SSSR count). The van der Waals surface area contributed by atoms with Crippen molar-refractivity contribution in [3.8, 4) is 33.4 Å². The lowest BCUT2D eigenvalue weighted by molar-refractivity contribution is 0.771. The van der Waals surface area contributed by atoms with Crippen LogP contribution in [0, 0.1) is 0 Å². The molecule has 0 heterocycles. The predicted molar refractivity (Wildman–Crippen MR) is 219 cm³/mol. The van der Waals surface area contributed by atoms with Gasteiger partial charge in [-0.05, 0) is 90.0 Å². The molecule has 1 unspecified atom stereocenters. The first-order valence-electron chi connectivity index (χ1n) is 18.0. The normalized spacial score (nSPS) is 14.6. The molecule has 0 saturated carbocycles.